The largest absolute Gasteiger partial charge is 0.355 e. The maximum absolute atomic E-state index is 3.74. The molecular formula is C50H49N. The van der Waals surface area contributed by atoms with E-state index in [0.717, 1.165) is 0 Å². The highest BCUT2D eigenvalue weighted by Gasteiger charge is 2.43. The van der Waals surface area contributed by atoms with Crippen molar-refractivity contribution in [2.45, 2.75) is 89.9 Å². The maximum Gasteiger partial charge on any atom is 0.0465 e. The predicted octanol–water partition coefficient (Wildman–Crippen LogP) is 14.4. The highest BCUT2D eigenvalue weighted by Crippen LogP contribution is 2.56. The lowest BCUT2D eigenvalue weighted by atomic mass is 9.71. The van der Waals surface area contributed by atoms with Crippen molar-refractivity contribution >= 4 is 21.8 Å². The van der Waals surface area contributed by atoms with Gasteiger partial charge in [0.1, 0.15) is 0 Å². The Morgan fingerprint density at radius 1 is 0.373 bits per heavy atom. The second-order valence-electron chi connectivity index (χ2n) is 15.4. The molecule has 2 aliphatic rings. The number of rotatable bonds is 10. The van der Waals surface area contributed by atoms with Gasteiger partial charge in [0, 0.05) is 32.6 Å². The van der Waals surface area contributed by atoms with Gasteiger partial charge in [-0.3, -0.25) is 0 Å². The van der Waals surface area contributed by atoms with Crippen LogP contribution in [0.4, 0.5) is 0 Å². The fourth-order valence-corrected chi connectivity index (χ4v) is 10.6. The Bertz CT molecular complexity index is 2260. The van der Waals surface area contributed by atoms with Crippen molar-refractivity contribution in [2.75, 3.05) is 0 Å². The average molecular weight is 664 g/mol. The maximum atomic E-state index is 3.74. The Balaban J connectivity index is 1.15. The number of benzene rings is 6. The molecule has 0 unspecified atom stereocenters. The molecule has 1 heteroatoms. The smallest absolute Gasteiger partial charge is 0.0465 e. The zero-order chi connectivity index (χ0) is 34.7. The van der Waals surface area contributed by atoms with Crippen LogP contribution >= 0.6 is 0 Å². The molecule has 0 amide bonds. The van der Waals surface area contributed by atoms with Crippen molar-refractivity contribution in [2.24, 2.45) is 0 Å². The molecule has 254 valence electrons. The van der Waals surface area contributed by atoms with Crippen LogP contribution in [0.2, 0.25) is 0 Å². The van der Waals surface area contributed by atoms with Gasteiger partial charge in [0.25, 0.3) is 0 Å². The van der Waals surface area contributed by atoms with Gasteiger partial charge in [-0.2, -0.15) is 0 Å². The van der Waals surface area contributed by atoms with Crippen LogP contribution in [-0.2, 0) is 10.8 Å². The molecule has 6 aromatic carbocycles. The fourth-order valence-electron chi connectivity index (χ4n) is 10.6. The lowest BCUT2D eigenvalue weighted by Crippen LogP contribution is -2.25. The van der Waals surface area contributed by atoms with E-state index in [9.17, 15) is 0 Å². The van der Waals surface area contributed by atoms with Gasteiger partial charge in [-0.25, -0.2) is 0 Å². The molecule has 1 N–H and O–H groups in total. The summed E-state index contributed by atoms with van der Waals surface area (Å²) < 4.78 is 0. The van der Waals surface area contributed by atoms with Gasteiger partial charge in [-0.1, -0.05) is 138 Å². The Kier molecular flexibility index (Phi) is 7.80. The first-order chi connectivity index (χ1) is 25.0. The molecule has 1 aromatic heterocycles. The molecule has 9 rings (SSSR count). The highest BCUT2D eigenvalue weighted by atomic mass is 14.7. The molecule has 0 atom stereocenters. The monoisotopic (exact) mass is 663 g/mol. The van der Waals surface area contributed by atoms with Crippen LogP contribution in [-0.4, -0.2) is 4.98 Å². The van der Waals surface area contributed by atoms with Crippen molar-refractivity contribution in [3.05, 3.63) is 144 Å². The minimum Gasteiger partial charge on any atom is -0.355 e. The number of H-pyrrole nitrogens is 1. The third kappa shape index (κ3) is 4.73. The SMILES string of the molecule is CCCC1(CCC)c2ccccc2-c2ccc(-c3ccc4[nH]c5ccc(-c6ccc7c(c6)C(CCC)(CCC)c6ccccc6-7)cc5c4c3)cc21. The standard InChI is InChI=1S/C50H49N/c1-5-25-49(26-6-2)43-15-11-9-13-37(43)39-21-17-35(31-45(39)49)33-19-23-47-41(29-33)42-30-34(20-24-48(42)51-47)36-18-22-40-38-14-10-12-16-44(38)50(27-7-3,28-8-4)46(40)32-36/h9-24,29-32,51H,5-8,25-28H2,1-4H3. The average Bonchev–Trinajstić information content (AvgIpc) is 3.76. The summed E-state index contributed by atoms with van der Waals surface area (Å²) >= 11 is 0. The van der Waals surface area contributed by atoms with Gasteiger partial charge in [0.05, 0.1) is 0 Å². The molecule has 51 heavy (non-hydrogen) atoms. The van der Waals surface area contributed by atoms with E-state index in [1.165, 1.54) is 140 Å². The van der Waals surface area contributed by atoms with Gasteiger partial charge in [0.15, 0.2) is 0 Å². The zero-order valence-electron chi connectivity index (χ0n) is 30.7. The van der Waals surface area contributed by atoms with E-state index in [1.54, 1.807) is 0 Å². The van der Waals surface area contributed by atoms with Crippen LogP contribution in [0.25, 0.3) is 66.3 Å². The van der Waals surface area contributed by atoms with Gasteiger partial charge >= 0.3 is 0 Å². The molecule has 0 fully saturated rings. The van der Waals surface area contributed by atoms with Crippen molar-refractivity contribution in [1.29, 1.82) is 0 Å². The van der Waals surface area contributed by atoms with Gasteiger partial charge < -0.3 is 4.98 Å². The van der Waals surface area contributed by atoms with Crippen LogP contribution in [0.3, 0.4) is 0 Å². The van der Waals surface area contributed by atoms with E-state index in [2.05, 4.69) is 154 Å². The van der Waals surface area contributed by atoms with Crippen LogP contribution in [0.15, 0.2) is 121 Å². The second kappa shape index (κ2) is 12.4. The second-order valence-corrected chi connectivity index (χ2v) is 15.4. The molecule has 1 heterocycles. The number of hydrogen-bond acceptors (Lipinski definition) is 0. The third-order valence-corrected chi connectivity index (χ3v) is 12.5. The van der Waals surface area contributed by atoms with Crippen LogP contribution < -0.4 is 0 Å². The Morgan fingerprint density at radius 3 is 1.14 bits per heavy atom. The third-order valence-electron chi connectivity index (χ3n) is 12.5. The molecule has 0 bridgehead atoms. The minimum atomic E-state index is 0.0916. The number of fused-ring (bicyclic) bond motifs is 9. The first-order valence-electron chi connectivity index (χ1n) is 19.6. The summed E-state index contributed by atoms with van der Waals surface area (Å²) in [4.78, 5) is 3.74. The van der Waals surface area contributed by atoms with Crippen LogP contribution in [0, 0.1) is 0 Å². The van der Waals surface area contributed by atoms with Crippen molar-refractivity contribution < 1.29 is 0 Å². The van der Waals surface area contributed by atoms with Gasteiger partial charge in [-0.05, 0) is 129 Å². The van der Waals surface area contributed by atoms with Crippen molar-refractivity contribution in [3.8, 4) is 44.5 Å². The number of hydrogen-bond donors (Lipinski definition) is 1. The summed E-state index contributed by atoms with van der Waals surface area (Å²) in [5.41, 5.74) is 19.6. The first kappa shape index (κ1) is 32.1. The molecule has 1 nitrogen and oxygen atoms in total. The van der Waals surface area contributed by atoms with E-state index in [-0.39, 0.29) is 10.8 Å². The number of nitrogens with one attached hydrogen (secondary N) is 1. The lowest BCUT2D eigenvalue weighted by Gasteiger charge is -2.32. The molecule has 0 saturated carbocycles. The summed E-state index contributed by atoms with van der Waals surface area (Å²) in [6.45, 7) is 9.37. The molecule has 0 radical (unpaired) electrons. The quantitative estimate of drug-likeness (QED) is 0.150. The summed E-state index contributed by atoms with van der Waals surface area (Å²) in [5, 5.41) is 2.59. The van der Waals surface area contributed by atoms with Crippen molar-refractivity contribution in [1.82, 2.24) is 4.98 Å². The Hall–Kier alpha value is -4.88. The molecule has 0 spiro atoms. The molecule has 7 aromatic rings. The lowest BCUT2D eigenvalue weighted by molar-refractivity contribution is 0.436. The molecule has 2 aliphatic carbocycles. The number of aromatic nitrogens is 1. The summed E-state index contributed by atoms with van der Waals surface area (Å²) in [6.07, 6.45) is 9.45. The highest BCUT2D eigenvalue weighted by molar-refractivity contribution is 6.10. The normalized spacial score (nSPS) is 14.8. The topological polar surface area (TPSA) is 15.8 Å². The van der Waals surface area contributed by atoms with Crippen LogP contribution in [0.1, 0.15) is 101 Å². The zero-order valence-corrected chi connectivity index (χ0v) is 30.7. The minimum absolute atomic E-state index is 0.0916. The summed E-state index contributed by atoms with van der Waals surface area (Å²) in [7, 11) is 0. The Labute approximate surface area is 303 Å². The summed E-state index contributed by atoms with van der Waals surface area (Å²) in [5.74, 6) is 0. The first-order valence-corrected chi connectivity index (χ1v) is 19.6. The van der Waals surface area contributed by atoms with Gasteiger partial charge in [-0.15, -0.1) is 0 Å². The van der Waals surface area contributed by atoms with Crippen LogP contribution in [0.5, 0.6) is 0 Å². The van der Waals surface area contributed by atoms with E-state index >= 15 is 0 Å². The Morgan fingerprint density at radius 2 is 0.725 bits per heavy atom. The molecule has 0 saturated heterocycles. The van der Waals surface area contributed by atoms with E-state index in [0.29, 0.717) is 0 Å². The van der Waals surface area contributed by atoms with E-state index < -0.39 is 0 Å². The van der Waals surface area contributed by atoms with Gasteiger partial charge in [0.2, 0.25) is 0 Å². The van der Waals surface area contributed by atoms with Crippen molar-refractivity contribution in [3.63, 3.8) is 0 Å². The van der Waals surface area contributed by atoms with E-state index in [4.69, 9.17) is 0 Å². The number of aromatic amines is 1. The predicted molar refractivity (Wildman–Crippen MR) is 219 cm³/mol. The van der Waals surface area contributed by atoms with E-state index in [1.807, 2.05) is 0 Å². The summed E-state index contributed by atoms with van der Waals surface area (Å²) in [6, 6.07) is 47.0. The molecule has 0 aliphatic heterocycles. The fraction of sp³-hybridized carbons (Fsp3) is 0.280. The molecular weight excluding hydrogens is 615 g/mol.